The molecule has 0 rings (SSSR count). The topological polar surface area (TPSA) is 35.5 Å². The summed E-state index contributed by atoms with van der Waals surface area (Å²) in [4.78, 5) is 10.6. The molecule has 0 saturated carbocycles. The van der Waals surface area contributed by atoms with Crippen molar-refractivity contribution in [1.29, 1.82) is 0 Å². The van der Waals surface area contributed by atoms with E-state index >= 15 is 0 Å². The predicted molar refractivity (Wildman–Crippen MR) is 51.3 cm³/mol. The van der Waals surface area contributed by atoms with Crippen LogP contribution in [0.2, 0.25) is 0 Å². The number of thiocarbonyl (C=S) groups is 1. The molecule has 0 aliphatic heterocycles. The van der Waals surface area contributed by atoms with Crippen molar-refractivity contribution < 1.29 is 14.3 Å². The van der Waals surface area contributed by atoms with Crippen molar-refractivity contribution in [3.8, 4) is 0 Å². The van der Waals surface area contributed by atoms with Gasteiger partial charge in [0.05, 0.1) is 0 Å². The van der Waals surface area contributed by atoms with Crippen LogP contribution < -0.4 is 0 Å². The van der Waals surface area contributed by atoms with Gasteiger partial charge >= 0.3 is 35.5 Å². The average molecular weight is 204 g/mol. The van der Waals surface area contributed by atoms with Crippen LogP contribution in [0, 0.1) is 0 Å². The van der Waals surface area contributed by atoms with Gasteiger partial charge in [0.1, 0.15) is 0 Å². The van der Waals surface area contributed by atoms with E-state index in [4.69, 9.17) is 4.74 Å². The Balaban J connectivity index is 0. The molecule has 0 fully saturated rings. The molecule has 0 amide bonds. The molecule has 0 spiro atoms. The molecule has 0 heterocycles. The van der Waals surface area contributed by atoms with Gasteiger partial charge in [0, 0.05) is 6.61 Å². The van der Waals surface area contributed by atoms with Crippen molar-refractivity contribution >= 4 is 65.9 Å². The molecular weight excluding hydrogens is 195 g/mol. The number of ether oxygens (including phenoxy) is 2. The molecule has 0 aromatic carbocycles. The summed E-state index contributed by atoms with van der Waals surface area (Å²) in [5.41, 5.74) is 0.0501. The Kier molecular flexibility index (Phi) is 11.7. The van der Waals surface area contributed by atoms with E-state index in [-0.39, 0.29) is 29.6 Å². The standard InChI is InChI=1S/C5H8O3S2.Na.H/c1-2-7-5(10)4(6)8-3-9;;/h3,5,10H,2H2,1H3;;. The Morgan fingerprint density at radius 2 is 2.36 bits per heavy atom. The van der Waals surface area contributed by atoms with Gasteiger partial charge in [0.15, 0.2) is 11.0 Å². The first-order valence-electron chi connectivity index (χ1n) is 2.66. The summed E-state index contributed by atoms with van der Waals surface area (Å²) >= 11 is 8.05. The Hall–Kier alpha value is 0.870. The molecule has 0 radical (unpaired) electrons. The molecular formula is C5H9NaO3S2. The minimum absolute atomic E-state index is 0. The summed E-state index contributed by atoms with van der Waals surface area (Å²) < 4.78 is 9.09. The number of hydrogen-bond acceptors (Lipinski definition) is 5. The molecule has 6 heteroatoms. The average Bonchev–Trinajstić information content (AvgIpc) is 1.89. The van der Waals surface area contributed by atoms with E-state index in [1.807, 2.05) is 0 Å². The summed E-state index contributed by atoms with van der Waals surface area (Å²) in [7, 11) is 0. The number of esters is 1. The van der Waals surface area contributed by atoms with Gasteiger partial charge in [-0.1, -0.05) is 0 Å². The van der Waals surface area contributed by atoms with Crippen LogP contribution in [-0.4, -0.2) is 53.1 Å². The van der Waals surface area contributed by atoms with E-state index < -0.39 is 11.4 Å². The van der Waals surface area contributed by atoms with Gasteiger partial charge in [-0.05, 0) is 19.1 Å². The molecule has 11 heavy (non-hydrogen) atoms. The molecule has 1 atom stereocenters. The number of rotatable bonds is 4. The zero-order valence-electron chi connectivity index (χ0n) is 5.44. The predicted octanol–water partition coefficient (Wildman–Crippen LogP) is 0.131. The summed E-state index contributed by atoms with van der Waals surface area (Å²) in [5.74, 6) is -0.583. The van der Waals surface area contributed by atoms with Gasteiger partial charge < -0.3 is 9.47 Å². The third kappa shape index (κ3) is 7.24. The second kappa shape index (κ2) is 8.96. The van der Waals surface area contributed by atoms with Crippen molar-refractivity contribution in [2.24, 2.45) is 0 Å². The zero-order valence-corrected chi connectivity index (χ0v) is 7.15. The van der Waals surface area contributed by atoms with Gasteiger partial charge in [-0.15, -0.1) is 12.6 Å². The van der Waals surface area contributed by atoms with E-state index in [0.717, 1.165) is 5.55 Å². The Bertz CT molecular complexity index is 131. The van der Waals surface area contributed by atoms with Gasteiger partial charge in [-0.2, -0.15) is 0 Å². The summed E-state index contributed by atoms with van der Waals surface area (Å²) in [5, 5.41) is 0. The van der Waals surface area contributed by atoms with Crippen LogP contribution >= 0.6 is 24.8 Å². The van der Waals surface area contributed by atoms with Gasteiger partial charge in [-0.3, -0.25) is 0 Å². The first-order chi connectivity index (χ1) is 4.72. The van der Waals surface area contributed by atoms with Crippen molar-refractivity contribution in [3.63, 3.8) is 0 Å². The fraction of sp³-hybridized carbons (Fsp3) is 0.600. The summed E-state index contributed by atoms with van der Waals surface area (Å²) in [6, 6.07) is 0. The van der Waals surface area contributed by atoms with Gasteiger partial charge in [0.25, 0.3) is 0 Å². The van der Waals surface area contributed by atoms with E-state index in [1.54, 1.807) is 6.92 Å². The Labute approximate surface area is 98.5 Å². The molecule has 0 bridgehead atoms. The van der Waals surface area contributed by atoms with Crippen LogP contribution in [-0.2, 0) is 14.3 Å². The fourth-order valence-electron chi connectivity index (χ4n) is 0.332. The number of hydrogen-bond donors (Lipinski definition) is 1. The first-order valence-corrected chi connectivity index (χ1v) is 3.65. The summed E-state index contributed by atoms with van der Waals surface area (Å²) in [6.45, 7) is 2.18. The zero-order chi connectivity index (χ0) is 7.98. The molecule has 0 aliphatic carbocycles. The maximum absolute atomic E-state index is 10.6. The van der Waals surface area contributed by atoms with Gasteiger partial charge in [0.2, 0.25) is 0 Å². The van der Waals surface area contributed by atoms with Gasteiger partial charge in [-0.25, -0.2) is 4.79 Å². The number of carbonyl (C=O) groups excluding carboxylic acids is 1. The number of carbonyl (C=O) groups is 1. The molecule has 0 aromatic rings. The molecule has 60 valence electrons. The molecule has 0 aromatic heterocycles. The van der Waals surface area contributed by atoms with Crippen molar-refractivity contribution in [3.05, 3.63) is 0 Å². The molecule has 0 saturated heterocycles. The number of thiol groups is 1. The molecule has 0 N–H and O–H groups in total. The van der Waals surface area contributed by atoms with Crippen LogP contribution in [0.3, 0.4) is 0 Å². The SMILES string of the molecule is CCOC(S)C(=O)OC=S.[NaH]. The van der Waals surface area contributed by atoms with Crippen LogP contribution in [0.25, 0.3) is 0 Å². The Morgan fingerprint density at radius 3 is 2.73 bits per heavy atom. The van der Waals surface area contributed by atoms with Crippen molar-refractivity contribution in [1.82, 2.24) is 0 Å². The third-order valence-corrected chi connectivity index (χ3v) is 1.15. The van der Waals surface area contributed by atoms with Crippen LogP contribution in [0.4, 0.5) is 0 Å². The molecule has 1 unspecified atom stereocenters. The van der Waals surface area contributed by atoms with Crippen molar-refractivity contribution in [2.45, 2.75) is 12.4 Å². The Morgan fingerprint density at radius 1 is 1.82 bits per heavy atom. The third-order valence-electron chi connectivity index (χ3n) is 0.690. The second-order valence-electron chi connectivity index (χ2n) is 1.34. The fourth-order valence-corrected chi connectivity index (χ4v) is 0.636. The van der Waals surface area contributed by atoms with Crippen LogP contribution in [0.15, 0.2) is 0 Å². The normalized spacial score (nSPS) is 11.1. The maximum atomic E-state index is 10.6. The minimum atomic E-state index is -0.829. The molecule has 0 aliphatic rings. The quantitative estimate of drug-likeness (QED) is 0.232. The second-order valence-corrected chi connectivity index (χ2v) is 2.00. The molecule has 3 nitrogen and oxygen atoms in total. The van der Waals surface area contributed by atoms with E-state index in [9.17, 15) is 4.79 Å². The van der Waals surface area contributed by atoms with Crippen molar-refractivity contribution in [2.75, 3.05) is 6.61 Å². The van der Waals surface area contributed by atoms with E-state index in [0.29, 0.717) is 6.61 Å². The summed E-state index contributed by atoms with van der Waals surface area (Å²) in [6.07, 6.45) is 0. The van der Waals surface area contributed by atoms with E-state index in [2.05, 4.69) is 29.6 Å². The van der Waals surface area contributed by atoms with Crippen LogP contribution in [0.1, 0.15) is 6.92 Å². The first kappa shape index (κ1) is 14.4. The van der Waals surface area contributed by atoms with E-state index in [1.165, 1.54) is 0 Å². The monoisotopic (exact) mass is 204 g/mol. The van der Waals surface area contributed by atoms with Crippen LogP contribution in [0.5, 0.6) is 0 Å².